The summed E-state index contributed by atoms with van der Waals surface area (Å²) in [5.74, 6) is 1.31. The number of aryl methyl sites for hydroxylation is 2. The fourth-order valence-corrected chi connectivity index (χ4v) is 2.68. The van der Waals surface area contributed by atoms with Crippen molar-refractivity contribution in [2.75, 3.05) is 18.5 Å². The minimum absolute atomic E-state index is 0.0218. The lowest BCUT2D eigenvalue weighted by Crippen LogP contribution is -2.20. The number of anilines is 1. The van der Waals surface area contributed by atoms with Gasteiger partial charge in [-0.2, -0.15) is 0 Å². The van der Waals surface area contributed by atoms with Gasteiger partial charge in [-0.25, -0.2) is 0 Å². The summed E-state index contributed by atoms with van der Waals surface area (Å²) in [5.41, 5.74) is 2.91. The first kappa shape index (κ1) is 19.8. The molecule has 0 fully saturated rings. The smallest absolute Gasteiger partial charge is 0.262 e. The van der Waals surface area contributed by atoms with Gasteiger partial charge in [0.2, 0.25) is 0 Å². The molecule has 0 atom stereocenters. The van der Waals surface area contributed by atoms with Crippen molar-refractivity contribution < 1.29 is 14.3 Å². The van der Waals surface area contributed by atoms with E-state index in [1.54, 1.807) is 0 Å². The highest BCUT2D eigenvalue weighted by molar-refractivity contribution is 5.92. The molecule has 0 aromatic heterocycles. The predicted molar refractivity (Wildman–Crippen MR) is 106 cm³/mol. The van der Waals surface area contributed by atoms with Gasteiger partial charge in [0.1, 0.15) is 11.5 Å². The van der Waals surface area contributed by atoms with Gasteiger partial charge in [-0.3, -0.25) is 4.79 Å². The fourth-order valence-electron chi connectivity index (χ4n) is 2.68. The molecule has 26 heavy (non-hydrogen) atoms. The normalized spacial score (nSPS) is 10.4. The SMILES string of the molecule is CCCCCCOc1cccc(NC(=O)COc2ccc(C)cc2C)c1. The third-order valence-electron chi connectivity index (χ3n) is 4.07. The monoisotopic (exact) mass is 355 g/mol. The lowest BCUT2D eigenvalue weighted by molar-refractivity contribution is -0.118. The highest BCUT2D eigenvalue weighted by atomic mass is 16.5. The zero-order valence-electron chi connectivity index (χ0n) is 16.0. The molecule has 2 rings (SSSR count). The first-order valence-electron chi connectivity index (χ1n) is 9.31. The number of ether oxygens (including phenoxy) is 2. The van der Waals surface area contributed by atoms with E-state index in [0.29, 0.717) is 12.3 Å². The summed E-state index contributed by atoms with van der Waals surface area (Å²) in [4.78, 5) is 12.1. The van der Waals surface area contributed by atoms with Gasteiger partial charge < -0.3 is 14.8 Å². The van der Waals surface area contributed by atoms with Crippen LogP contribution in [0.5, 0.6) is 11.5 Å². The predicted octanol–water partition coefficient (Wildman–Crippen LogP) is 5.28. The van der Waals surface area contributed by atoms with Gasteiger partial charge >= 0.3 is 0 Å². The molecule has 0 saturated heterocycles. The second-order valence-corrected chi connectivity index (χ2v) is 6.54. The average Bonchev–Trinajstić information content (AvgIpc) is 2.61. The zero-order chi connectivity index (χ0) is 18.8. The fraction of sp³-hybridized carbons (Fsp3) is 0.409. The van der Waals surface area contributed by atoms with Crippen molar-refractivity contribution in [3.63, 3.8) is 0 Å². The largest absolute Gasteiger partial charge is 0.494 e. The Hall–Kier alpha value is -2.49. The quantitative estimate of drug-likeness (QED) is 0.590. The van der Waals surface area contributed by atoms with E-state index in [4.69, 9.17) is 9.47 Å². The summed E-state index contributed by atoms with van der Waals surface area (Å²) in [6.07, 6.45) is 4.68. The van der Waals surface area contributed by atoms with Crippen molar-refractivity contribution in [2.45, 2.75) is 46.5 Å². The first-order chi connectivity index (χ1) is 12.6. The number of hydrogen-bond acceptors (Lipinski definition) is 3. The highest BCUT2D eigenvalue weighted by Crippen LogP contribution is 2.20. The topological polar surface area (TPSA) is 47.6 Å². The zero-order valence-corrected chi connectivity index (χ0v) is 16.0. The van der Waals surface area contributed by atoms with Crippen LogP contribution in [0, 0.1) is 13.8 Å². The number of unbranched alkanes of at least 4 members (excludes halogenated alkanes) is 3. The second-order valence-electron chi connectivity index (χ2n) is 6.54. The molecule has 0 radical (unpaired) electrons. The molecule has 1 amide bonds. The Morgan fingerprint density at radius 1 is 1.00 bits per heavy atom. The van der Waals surface area contributed by atoms with Gasteiger partial charge in [-0.15, -0.1) is 0 Å². The van der Waals surface area contributed by atoms with Gasteiger partial charge in [-0.1, -0.05) is 49.9 Å². The van der Waals surface area contributed by atoms with Crippen molar-refractivity contribution in [3.05, 3.63) is 53.6 Å². The summed E-state index contributed by atoms with van der Waals surface area (Å²) in [5, 5.41) is 2.85. The lowest BCUT2D eigenvalue weighted by Gasteiger charge is -2.11. The van der Waals surface area contributed by atoms with Gasteiger partial charge in [0.25, 0.3) is 5.91 Å². The average molecular weight is 355 g/mol. The van der Waals surface area contributed by atoms with Gasteiger partial charge in [-0.05, 0) is 44.0 Å². The molecule has 0 aliphatic heterocycles. The molecule has 0 spiro atoms. The minimum atomic E-state index is -0.190. The summed E-state index contributed by atoms with van der Waals surface area (Å²) in [6, 6.07) is 13.4. The molecular weight excluding hydrogens is 326 g/mol. The third-order valence-corrected chi connectivity index (χ3v) is 4.07. The van der Waals surface area contributed by atoms with Crippen LogP contribution in [0.3, 0.4) is 0 Å². The number of benzene rings is 2. The molecule has 2 aromatic carbocycles. The van der Waals surface area contributed by atoms with E-state index in [-0.39, 0.29) is 12.5 Å². The summed E-state index contributed by atoms with van der Waals surface area (Å²) < 4.78 is 11.4. The number of rotatable bonds is 10. The van der Waals surface area contributed by atoms with Crippen LogP contribution in [0.15, 0.2) is 42.5 Å². The second kappa shape index (κ2) is 10.5. The number of carbonyl (C=O) groups is 1. The molecule has 2 aromatic rings. The van der Waals surface area contributed by atoms with Gasteiger partial charge in [0, 0.05) is 11.8 Å². The Morgan fingerprint density at radius 3 is 2.62 bits per heavy atom. The number of amides is 1. The van der Waals surface area contributed by atoms with E-state index in [1.807, 2.05) is 56.3 Å². The van der Waals surface area contributed by atoms with E-state index in [9.17, 15) is 4.79 Å². The standard InChI is InChI=1S/C22H29NO3/c1-4-5-6-7-13-25-20-10-8-9-19(15-20)23-22(24)16-26-21-12-11-17(2)14-18(21)3/h8-12,14-15H,4-7,13,16H2,1-3H3,(H,23,24). The van der Waals surface area contributed by atoms with Crippen molar-refractivity contribution >= 4 is 11.6 Å². The van der Waals surface area contributed by atoms with Crippen LogP contribution in [0.2, 0.25) is 0 Å². The molecule has 4 nitrogen and oxygen atoms in total. The molecule has 4 heteroatoms. The van der Waals surface area contributed by atoms with Crippen LogP contribution < -0.4 is 14.8 Å². The van der Waals surface area contributed by atoms with E-state index in [0.717, 1.165) is 23.5 Å². The summed E-state index contributed by atoms with van der Waals surface area (Å²) in [6.45, 7) is 6.88. The van der Waals surface area contributed by atoms with Crippen molar-refractivity contribution in [3.8, 4) is 11.5 Å². The molecule has 0 bridgehead atoms. The van der Waals surface area contributed by atoms with Crippen LogP contribution in [0.25, 0.3) is 0 Å². The molecule has 0 aliphatic carbocycles. The van der Waals surface area contributed by atoms with E-state index >= 15 is 0 Å². The molecule has 0 unspecified atom stereocenters. The van der Waals surface area contributed by atoms with E-state index in [1.165, 1.54) is 24.8 Å². The molecular formula is C22H29NO3. The maximum Gasteiger partial charge on any atom is 0.262 e. The maximum atomic E-state index is 12.1. The molecule has 0 saturated carbocycles. The molecule has 0 aliphatic rings. The maximum absolute atomic E-state index is 12.1. The number of carbonyl (C=O) groups excluding carboxylic acids is 1. The number of hydrogen-bond donors (Lipinski definition) is 1. The number of nitrogens with one attached hydrogen (secondary N) is 1. The minimum Gasteiger partial charge on any atom is -0.494 e. The Morgan fingerprint density at radius 2 is 1.85 bits per heavy atom. The molecule has 0 heterocycles. The van der Waals surface area contributed by atoms with Crippen molar-refractivity contribution in [1.29, 1.82) is 0 Å². The Kier molecular flexibility index (Phi) is 8.00. The Bertz CT molecular complexity index is 712. The van der Waals surface area contributed by atoms with Crippen LogP contribution in [0.1, 0.15) is 43.7 Å². The van der Waals surface area contributed by atoms with Crippen LogP contribution in [-0.4, -0.2) is 19.1 Å². The molecule has 140 valence electrons. The van der Waals surface area contributed by atoms with Crippen molar-refractivity contribution in [2.24, 2.45) is 0 Å². The van der Waals surface area contributed by atoms with E-state index < -0.39 is 0 Å². The van der Waals surface area contributed by atoms with E-state index in [2.05, 4.69) is 12.2 Å². The van der Waals surface area contributed by atoms with Crippen LogP contribution >= 0.6 is 0 Å². The van der Waals surface area contributed by atoms with Gasteiger partial charge in [0.05, 0.1) is 6.61 Å². The Balaban J connectivity index is 1.80. The summed E-state index contributed by atoms with van der Waals surface area (Å²) in [7, 11) is 0. The van der Waals surface area contributed by atoms with Crippen LogP contribution in [0.4, 0.5) is 5.69 Å². The highest BCUT2D eigenvalue weighted by Gasteiger charge is 2.06. The first-order valence-corrected chi connectivity index (χ1v) is 9.31. The third kappa shape index (κ3) is 6.79. The van der Waals surface area contributed by atoms with Gasteiger partial charge in [0.15, 0.2) is 6.61 Å². The van der Waals surface area contributed by atoms with Crippen molar-refractivity contribution in [1.82, 2.24) is 0 Å². The lowest BCUT2D eigenvalue weighted by atomic mass is 10.1. The van der Waals surface area contributed by atoms with Crippen LogP contribution in [-0.2, 0) is 4.79 Å². The molecule has 1 N–H and O–H groups in total. The Labute approximate surface area is 156 Å². The summed E-state index contributed by atoms with van der Waals surface area (Å²) >= 11 is 0.